The lowest BCUT2D eigenvalue weighted by Gasteiger charge is -2.04. The van der Waals surface area contributed by atoms with Gasteiger partial charge in [0.15, 0.2) is 0 Å². The van der Waals surface area contributed by atoms with Gasteiger partial charge in [-0.25, -0.2) is 13.1 Å². The van der Waals surface area contributed by atoms with Crippen molar-refractivity contribution in [3.05, 3.63) is 29.8 Å². The second kappa shape index (κ2) is 6.09. The van der Waals surface area contributed by atoms with Crippen LogP contribution in [0.4, 0.5) is 0 Å². The Morgan fingerprint density at radius 1 is 1.32 bits per heavy atom. The summed E-state index contributed by atoms with van der Waals surface area (Å²) in [5.74, 6) is 6.34. The fraction of sp³-hybridized carbons (Fsp3) is 0.429. The lowest BCUT2D eigenvalue weighted by atomic mass is 10.2. The normalized spacial score (nSPS) is 14.6. The molecule has 0 aromatic heterocycles. The quantitative estimate of drug-likeness (QED) is 0.830. The molecule has 0 atom stereocenters. The van der Waals surface area contributed by atoms with Gasteiger partial charge in [-0.2, -0.15) is 0 Å². The Bertz CT molecular complexity index is 595. The van der Waals surface area contributed by atoms with E-state index in [1.54, 1.807) is 0 Å². The Morgan fingerprint density at radius 3 is 2.74 bits per heavy atom. The minimum absolute atomic E-state index is 0.149. The molecular weight excluding hydrogens is 262 g/mol. The Hall–Kier alpha value is -1.51. The van der Waals surface area contributed by atoms with Crippen molar-refractivity contribution in [3.63, 3.8) is 0 Å². The molecule has 19 heavy (non-hydrogen) atoms. The first kappa shape index (κ1) is 13.9. The van der Waals surface area contributed by atoms with E-state index in [0.29, 0.717) is 0 Å². The van der Waals surface area contributed by atoms with Crippen molar-refractivity contribution in [2.24, 2.45) is 0 Å². The van der Waals surface area contributed by atoms with E-state index in [-0.39, 0.29) is 18.4 Å². The summed E-state index contributed by atoms with van der Waals surface area (Å²) in [6.45, 7) is 2.37. The van der Waals surface area contributed by atoms with Crippen LogP contribution in [0, 0.1) is 18.8 Å². The van der Waals surface area contributed by atoms with Gasteiger partial charge in [0.25, 0.3) is 0 Å². The Kier molecular flexibility index (Phi) is 4.46. The highest BCUT2D eigenvalue weighted by Gasteiger charge is 2.34. The van der Waals surface area contributed by atoms with Crippen LogP contribution in [0.3, 0.4) is 0 Å². The van der Waals surface area contributed by atoms with Gasteiger partial charge in [0.05, 0.1) is 11.8 Å². The van der Waals surface area contributed by atoms with Crippen LogP contribution < -0.4 is 9.46 Å². The lowest BCUT2D eigenvalue weighted by Crippen LogP contribution is -2.27. The van der Waals surface area contributed by atoms with Gasteiger partial charge in [0.2, 0.25) is 10.0 Å². The summed E-state index contributed by atoms with van der Waals surface area (Å²) in [6, 6.07) is 7.69. The predicted octanol–water partition coefficient (Wildman–Crippen LogP) is 1.46. The molecule has 1 aromatic carbocycles. The molecule has 0 saturated heterocycles. The summed E-state index contributed by atoms with van der Waals surface area (Å²) in [5, 5.41) is -0.197. The van der Waals surface area contributed by atoms with Gasteiger partial charge in [-0.05, 0) is 31.4 Å². The van der Waals surface area contributed by atoms with Crippen molar-refractivity contribution in [3.8, 4) is 17.6 Å². The highest BCUT2D eigenvalue weighted by Crippen LogP contribution is 2.27. The van der Waals surface area contributed by atoms with E-state index < -0.39 is 10.0 Å². The van der Waals surface area contributed by atoms with Crippen LogP contribution in [-0.4, -0.2) is 26.8 Å². The van der Waals surface area contributed by atoms with Crippen LogP contribution >= 0.6 is 0 Å². The number of nitrogens with one attached hydrogen (secondary N) is 1. The maximum atomic E-state index is 11.5. The molecule has 1 aliphatic rings. The van der Waals surface area contributed by atoms with Crippen molar-refractivity contribution in [2.45, 2.75) is 25.0 Å². The van der Waals surface area contributed by atoms with Crippen molar-refractivity contribution in [2.75, 3.05) is 13.2 Å². The molecular formula is C14H17NO3S. The average molecular weight is 279 g/mol. The molecule has 0 heterocycles. The standard InChI is InChI=1S/C14H17NO3S/c1-12-6-2-3-7-14(12)18-11-5-4-10-15-19(16,17)13-8-9-13/h2-3,6-7,13,15H,8-11H2,1H3. The summed E-state index contributed by atoms with van der Waals surface area (Å²) in [7, 11) is -3.13. The molecule has 0 bridgehead atoms. The second-order valence-electron chi connectivity index (χ2n) is 4.47. The van der Waals surface area contributed by atoms with E-state index in [1.165, 1.54) is 0 Å². The zero-order valence-corrected chi connectivity index (χ0v) is 11.7. The first-order valence-electron chi connectivity index (χ1n) is 6.22. The summed E-state index contributed by atoms with van der Waals surface area (Å²) >= 11 is 0. The SMILES string of the molecule is Cc1ccccc1OCC#CCNS(=O)(=O)C1CC1. The number of ether oxygens (including phenoxy) is 1. The zero-order chi connectivity index (χ0) is 13.7. The fourth-order valence-corrected chi connectivity index (χ4v) is 2.84. The highest BCUT2D eigenvalue weighted by molar-refractivity contribution is 7.90. The molecule has 0 radical (unpaired) electrons. The molecule has 0 spiro atoms. The number of sulfonamides is 1. The molecule has 1 fully saturated rings. The molecule has 102 valence electrons. The molecule has 1 aromatic rings. The van der Waals surface area contributed by atoms with Gasteiger partial charge in [-0.3, -0.25) is 0 Å². The van der Waals surface area contributed by atoms with Gasteiger partial charge in [0.1, 0.15) is 12.4 Å². The number of rotatable bonds is 5. The van der Waals surface area contributed by atoms with E-state index in [2.05, 4.69) is 16.6 Å². The minimum Gasteiger partial charge on any atom is -0.481 e. The van der Waals surface area contributed by atoms with Crippen LogP contribution in [-0.2, 0) is 10.0 Å². The Labute approximate surface area is 114 Å². The number of benzene rings is 1. The smallest absolute Gasteiger partial charge is 0.215 e. The van der Waals surface area contributed by atoms with Crippen LogP contribution in [0.5, 0.6) is 5.75 Å². The van der Waals surface area contributed by atoms with E-state index in [4.69, 9.17) is 4.74 Å². The highest BCUT2D eigenvalue weighted by atomic mass is 32.2. The largest absolute Gasteiger partial charge is 0.481 e. The monoisotopic (exact) mass is 279 g/mol. The number of aryl methyl sites for hydroxylation is 1. The maximum Gasteiger partial charge on any atom is 0.215 e. The van der Waals surface area contributed by atoms with Crippen molar-refractivity contribution in [1.82, 2.24) is 4.72 Å². The lowest BCUT2D eigenvalue weighted by molar-refractivity contribution is 0.367. The van der Waals surface area contributed by atoms with Gasteiger partial charge in [-0.1, -0.05) is 30.0 Å². The molecule has 5 heteroatoms. The molecule has 0 amide bonds. The number of para-hydroxylation sites is 1. The summed E-state index contributed by atoms with van der Waals surface area (Å²) in [4.78, 5) is 0. The molecule has 1 N–H and O–H groups in total. The third-order valence-electron chi connectivity index (χ3n) is 2.84. The van der Waals surface area contributed by atoms with Gasteiger partial charge >= 0.3 is 0 Å². The van der Waals surface area contributed by atoms with Gasteiger partial charge < -0.3 is 4.74 Å². The number of hydrogen-bond acceptors (Lipinski definition) is 3. The maximum absolute atomic E-state index is 11.5. The third-order valence-corrected chi connectivity index (χ3v) is 4.74. The zero-order valence-electron chi connectivity index (χ0n) is 10.8. The Morgan fingerprint density at radius 2 is 2.05 bits per heavy atom. The summed E-state index contributed by atoms with van der Waals surface area (Å²) in [5.41, 5.74) is 1.05. The van der Waals surface area contributed by atoms with Crippen molar-refractivity contribution >= 4 is 10.0 Å². The van der Waals surface area contributed by atoms with Crippen LogP contribution in [0.1, 0.15) is 18.4 Å². The van der Waals surface area contributed by atoms with Crippen LogP contribution in [0.25, 0.3) is 0 Å². The molecule has 0 aliphatic heterocycles. The van der Waals surface area contributed by atoms with E-state index in [0.717, 1.165) is 24.2 Å². The third kappa shape index (κ3) is 4.27. The van der Waals surface area contributed by atoms with Gasteiger partial charge in [-0.15, -0.1) is 0 Å². The van der Waals surface area contributed by atoms with Crippen LogP contribution in [0.2, 0.25) is 0 Å². The molecule has 1 aliphatic carbocycles. The number of hydrogen-bond donors (Lipinski definition) is 1. The first-order valence-corrected chi connectivity index (χ1v) is 7.77. The summed E-state index contributed by atoms with van der Waals surface area (Å²) < 4.78 is 30.9. The predicted molar refractivity (Wildman–Crippen MR) is 74.4 cm³/mol. The molecule has 4 nitrogen and oxygen atoms in total. The molecule has 1 saturated carbocycles. The minimum atomic E-state index is -3.13. The van der Waals surface area contributed by atoms with E-state index in [9.17, 15) is 8.42 Å². The second-order valence-corrected chi connectivity index (χ2v) is 6.52. The van der Waals surface area contributed by atoms with E-state index in [1.807, 2.05) is 31.2 Å². The van der Waals surface area contributed by atoms with Crippen molar-refractivity contribution < 1.29 is 13.2 Å². The first-order chi connectivity index (χ1) is 9.09. The van der Waals surface area contributed by atoms with Gasteiger partial charge in [0, 0.05) is 0 Å². The Balaban J connectivity index is 1.72. The van der Waals surface area contributed by atoms with Crippen molar-refractivity contribution in [1.29, 1.82) is 0 Å². The van der Waals surface area contributed by atoms with E-state index >= 15 is 0 Å². The average Bonchev–Trinajstić information content (AvgIpc) is 3.20. The van der Waals surface area contributed by atoms with Crippen LogP contribution in [0.15, 0.2) is 24.3 Å². The summed E-state index contributed by atoms with van der Waals surface area (Å²) in [6.07, 6.45) is 1.53. The molecule has 0 unspecified atom stereocenters. The molecule has 2 rings (SSSR count). The fourth-order valence-electron chi connectivity index (χ4n) is 1.58. The topological polar surface area (TPSA) is 55.4 Å².